The van der Waals surface area contributed by atoms with Gasteiger partial charge in [0.1, 0.15) is 0 Å². The molecule has 0 bridgehead atoms. The van der Waals surface area contributed by atoms with Gasteiger partial charge in [0.15, 0.2) is 0 Å². The van der Waals surface area contributed by atoms with Gasteiger partial charge in [-0.05, 0) is 20.3 Å². The van der Waals surface area contributed by atoms with Crippen LogP contribution in [0.4, 0.5) is 0 Å². The monoisotopic (exact) mass is 301 g/mol. The Labute approximate surface area is 135 Å². The zero-order valence-corrected chi connectivity index (χ0v) is 15.3. The van der Waals surface area contributed by atoms with Crippen LogP contribution in [0.2, 0.25) is 0 Å². The number of ether oxygens (including phenoxy) is 1. The van der Waals surface area contributed by atoms with Crippen LogP contribution in [0, 0.1) is 0 Å². The highest BCUT2D eigenvalue weighted by Crippen LogP contribution is 2.12. The predicted octanol–water partition coefficient (Wildman–Crippen LogP) is 7.05. The molecule has 0 rings (SSSR count). The second-order valence-corrected chi connectivity index (χ2v) is 6.52. The Hall–Kier alpha value is -0.0800. The second-order valence-electron chi connectivity index (χ2n) is 6.52. The first-order chi connectivity index (χ1) is 9.77. The van der Waals surface area contributed by atoms with Crippen molar-refractivity contribution in [3.05, 3.63) is 0 Å². The molecular formula is C19H43NO. The third kappa shape index (κ3) is 22.3. The molecule has 130 valence electrons. The van der Waals surface area contributed by atoms with E-state index in [-0.39, 0.29) is 6.15 Å². The fourth-order valence-corrected chi connectivity index (χ4v) is 2.62. The summed E-state index contributed by atoms with van der Waals surface area (Å²) in [5.41, 5.74) is 0. The van der Waals surface area contributed by atoms with Gasteiger partial charge in [-0.15, -0.1) is 0 Å². The Morgan fingerprint density at radius 1 is 0.571 bits per heavy atom. The van der Waals surface area contributed by atoms with Gasteiger partial charge < -0.3 is 10.9 Å². The summed E-state index contributed by atoms with van der Waals surface area (Å²) >= 11 is 0. The Morgan fingerprint density at radius 3 is 1.24 bits per heavy atom. The molecule has 0 spiro atoms. The SMILES string of the molecule is CCCCCCCCCCCCCCCCOC(C)C.N. The molecule has 0 atom stereocenters. The maximum atomic E-state index is 5.55. The Bertz CT molecular complexity index is 171. The number of rotatable bonds is 16. The lowest BCUT2D eigenvalue weighted by molar-refractivity contribution is 0.0756. The van der Waals surface area contributed by atoms with E-state index < -0.39 is 0 Å². The molecule has 0 saturated carbocycles. The zero-order valence-electron chi connectivity index (χ0n) is 15.3. The molecule has 0 heterocycles. The molecule has 0 aromatic heterocycles. The third-order valence-corrected chi connectivity index (χ3v) is 3.95. The van der Waals surface area contributed by atoms with E-state index in [0.717, 1.165) is 6.61 Å². The van der Waals surface area contributed by atoms with Gasteiger partial charge in [0.05, 0.1) is 6.10 Å². The average molecular weight is 302 g/mol. The highest BCUT2D eigenvalue weighted by atomic mass is 16.5. The number of unbranched alkanes of at least 4 members (excludes halogenated alkanes) is 13. The molecule has 0 fully saturated rings. The summed E-state index contributed by atoms with van der Waals surface area (Å²) in [5.74, 6) is 0. The second kappa shape index (κ2) is 19.9. The molecule has 0 aliphatic rings. The minimum Gasteiger partial charge on any atom is -0.379 e. The van der Waals surface area contributed by atoms with E-state index in [2.05, 4.69) is 20.8 Å². The van der Waals surface area contributed by atoms with Crippen molar-refractivity contribution in [2.24, 2.45) is 0 Å². The summed E-state index contributed by atoms with van der Waals surface area (Å²) in [5, 5.41) is 0. The molecule has 3 N–H and O–H groups in total. The molecular weight excluding hydrogens is 258 g/mol. The van der Waals surface area contributed by atoms with E-state index in [4.69, 9.17) is 4.74 Å². The highest BCUT2D eigenvalue weighted by molar-refractivity contribution is 4.49. The van der Waals surface area contributed by atoms with Crippen LogP contribution in [0.25, 0.3) is 0 Å². The van der Waals surface area contributed by atoms with E-state index in [1.54, 1.807) is 0 Å². The lowest BCUT2D eigenvalue weighted by Gasteiger charge is -2.06. The van der Waals surface area contributed by atoms with Crippen LogP contribution in [-0.4, -0.2) is 12.7 Å². The number of hydrogen-bond acceptors (Lipinski definition) is 2. The minimum absolute atomic E-state index is 0. The van der Waals surface area contributed by atoms with Crippen molar-refractivity contribution < 1.29 is 4.74 Å². The van der Waals surface area contributed by atoms with Gasteiger partial charge in [-0.25, -0.2) is 0 Å². The van der Waals surface area contributed by atoms with E-state index in [1.165, 1.54) is 89.9 Å². The Balaban J connectivity index is 0. The minimum atomic E-state index is 0. The van der Waals surface area contributed by atoms with Crippen molar-refractivity contribution in [1.29, 1.82) is 0 Å². The predicted molar refractivity (Wildman–Crippen MR) is 96.4 cm³/mol. The number of hydrogen-bond donors (Lipinski definition) is 1. The van der Waals surface area contributed by atoms with Gasteiger partial charge in [-0.1, -0.05) is 90.4 Å². The molecule has 21 heavy (non-hydrogen) atoms. The summed E-state index contributed by atoms with van der Waals surface area (Å²) < 4.78 is 5.55. The molecule has 0 aliphatic heterocycles. The zero-order chi connectivity index (χ0) is 14.9. The van der Waals surface area contributed by atoms with Crippen molar-refractivity contribution in [3.8, 4) is 0 Å². The Morgan fingerprint density at radius 2 is 0.905 bits per heavy atom. The quantitative estimate of drug-likeness (QED) is 0.310. The molecule has 0 saturated heterocycles. The van der Waals surface area contributed by atoms with E-state index >= 15 is 0 Å². The lowest BCUT2D eigenvalue weighted by Crippen LogP contribution is -2.03. The van der Waals surface area contributed by atoms with Gasteiger partial charge in [0.2, 0.25) is 0 Å². The topological polar surface area (TPSA) is 44.2 Å². The summed E-state index contributed by atoms with van der Waals surface area (Å²) in [6.45, 7) is 7.47. The van der Waals surface area contributed by atoms with Crippen LogP contribution in [0.1, 0.15) is 111 Å². The Kier molecular flexibility index (Phi) is 22.0. The molecule has 0 aromatic rings. The maximum Gasteiger partial charge on any atom is 0.0518 e. The molecule has 0 radical (unpaired) electrons. The standard InChI is InChI=1S/C19H40O.H3N/c1-4-5-6-7-8-9-10-11-12-13-14-15-16-17-18-20-19(2)3;/h19H,4-18H2,1-3H3;1H3. The van der Waals surface area contributed by atoms with Gasteiger partial charge in [-0.3, -0.25) is 0 Å². The third-order valence-electron chi connectivity index (χ3n) is 3.95. The van der Waals surface area contributed by atoms with Crippen molar-refractivity contribution in [1.82, 2.24) is 6.15 Å². The van der Waals surface area contributed by atoms with Gasteiger partial charge >= 0.3 is 0 Å². The summed E-state index contributed by atoms with van der Waals surface area (Å²) in [4.78, 5) is 0. The normalized spacial score (nSPS) is 10.9. The molecule has 0 aromatic carbocycles. The van der Waals surface area contributed by atoms with E-state index in [1.807, 2.05) is 0 Å². The molecule has 2 nitrogen and oxygen atoms in total. The largest absolute Gasteiger partial charge is 0.379 e. The first kappa shape index (κ1) is 23.2. The first-order valence-electron chi connectivity index (χ1n) is 9.39. The van der Waals surface area contributed by atoms with Crippen molar-refractivity contribution >= 4 is 0 Å². The first-order valence-corrected chi connectivity index (χ1v) is 9.39. The summed E-state index contributed by atoms with van der Waals surface area (Å²) in [6.07, 6.45) is 20.3. The molecule has 2 heteroatoms. The van der Waals surface area contributed by atoms with Crippen LogP contribution in [0.5, 0.6) is 0 Å². The van der Waals surface area contributed by atoms with E-state index in [0.29, 0.717) is 6.10 Å². The van der Waals surface area contributed by atoms with Crippen LogP contribution in [0.15, 0.2) is 0 Å². The highest BCUT2D eigenvalue weighted by Gasteiger charge is 1.95. The van der Waals surface area contributed by atoms with Gasteiger partial charge in [-0.2, -0.15) is 0 Å². The molecule has 0 unspecified atom stereocenters. The summed E-state index contributed by atoms with van der Waals surface area (Å²) in [6, 6.07) is 0. The van der Waals surface area contributed by atoms with Crippen LogP contribution in [-0.2, 0) is 4.74 Å². The van der Waals surface area contributed by atoms with Crippen LogP contribution >= 0.6 is 0 Å². The van der Waals surface area contributed by atoms with Crippen molar-refractivity contribution in [2.75, 3.05) is 6.61 Å². The average Bonchev–Trinajstić information content (AvgIpc) is 2.43. The summed E-state index contributed by atoms with van der Waals surface area (Å²) in [7, 11) is 0. The fraction of sp³-hybridized carbons (Fsp3) is 1.00. The van der Waals surface area contributed by atoms with Crippen LogP contribution < -0.4 is 6.15 Å². The van der Waals surface area contributed by atoms with Crippen LogP contribution in [0.3, 0.4) is 0 Å². The van der Waals surface area contributed by atoms with Gasteiger partial charge in [0.25, 0.3) is 0 Å². The van der Waals surface area contributed by atoms with Crippen molar-refractivity contribution in [3.63, 3.8) is 0 Å². The van der Waals surface area contributed by atoms with Gasteiger partial charge in [0, 0.05) is 6.61 Å². The van der Waals surface area contributed by atoms with E-state index in [9.17, 15) is 0 Å². The smallest absolute Gasteiger partial charge is 0.0518 e. The molecule has 0 aliphatic carbocycles. The molecule has 0 amide bonds. The lowest BCUT2D eigenvalue weighted by atomic mass is 10.0. The fourth-order valence-electron chi connectivity index (χ4n) is 2.62. The maximum absolute atomic E-state index is 5.55. The van der Waals surface area contributed by atoms with Crippen molar-refractivity contribution in [2.45, 2.75) is 117 Å².